The second kappa shape index (κ2) is 8.34. The summed E-state index contributed by atoms with van der Waals surface area (Å²) in [6.45, 7) is 5.56. The van der Waals surface area contributed by atoms with E-state index < -0.39 is 0 Å². The fraction of sp³-hybridized carbons (Fsp3) is 0.647. The minimum absolute atomic E-state index is 0.744. The Morgan fingerprint density at radius 1 is 1.16 bits per heavy atom. The van der Waals surface area contributed by atoms with E-state index in [1.165, 1.54) is 56.2 Å². The molecular formula is C17H28N2. The van der Waals surface area contributed by atoms with Gasteiger partial charge in [-0.25, -0.2) is 0 Å². The fourth-order valence-corrected chi connectivity index (χ4v) is 2.79. The van der Waals surface area contributed by atoms with Crippen LogP contribution in [-0.2, 0) is 13.0 Å². The number of nitrogens with one attached hydrogen (secondary N) is 2. The van der Waals surface area contributed by atoms with Crippen molar-refractivity contribution in [3.05, 3.63) is 35.4 Å². The van der Waals surface area contributed by atoms with E-state index in [-0.39, 0.29) is 0 Å². The average molecular weight is 260 g/mol. The predicted molar refractivity (Wildman–Crippen MR) is 82.4 cm³/mol. The Morgan fingerprint density at radius 3 is 2.63 bits per heavy atom. The molecule has 1 atom stereocenters. The molecule has 1 aliphatic rings. The third kappa shape index (κ3) is 5.33. The first kappa shape index (κ1) is 14.5. The topological polar surface area (TPSA) is 24.1 Å². The van der Waals surface area contributed by atoms with E-state index >= 15 is 0 Å². The smallest absolute Gasteiger partial charge is 0.0205 e. The Balaban J connectivity index is 1.62. The molecule has 0 aliphatic carbocycles. The maximum atomic E-state index is 3.60. The molecule has 1 aromatic rings. The third-order valence-corrected chi connectivity index (χ3v) is 3.97. The molecule has 0 bridgehead atoms. The highest BCUT2D eigenvalue weighted by Crippen LogP contribution is 2.10. The Morgan fingerprint density at radius 2 is 1.95 bits per heavy atom. The first-order chi connectivity index (χ1) is 9.38. The van der Waals surface area contributed by atoms with Crippen molar-refractivity contribution in [2.24, 2.45) is 0 Å². The fourth-order valence-electron chi connectivity index (χ4n) is 2.79. The zero-order valence-corrected chi connectivity index (χ0v) is 12.3. The van der Waals surface area contributed by atoms with Gasteiger partial charge in [-0.15, -0.1) is 0 Å². The van der Waals surface area contributed by atoms with Crippen LogP contribution in [-0.4, -0.2) is 19.1 Å². The number of aryl methyl sites for hydroxylation is 1. The van der Waals surface area contributed by atoms with Crippen LogP contribution in [0, 0.1) is 0 Å². The normalized spacial score (nSPS) is 19.5. The first-order valence-corrected chi connectivity index (χ1v) is 7.90. The van der Waals surface area contributed by atoms with Gasteiger partial charge in [-0.05, 0) is 49.9 Å². The Hall–Kier alpha value is -0.860. The molecule has 2 rings (SSSR count). The van der Waals surface area contributed by atoms with Crippen molar-refractivity contribution in [1.29, 1.82) is 0 Å². The first-order valence-electron chi connectivity index (χ1n) is 7.90. The van der Waals surface area contributed by atoms with Crippen LogP contribution in [0.5, 0.6) is 0 Å². The molecule has 0 spiro atoms. The van der Waals surface area contributed by atoms with Crippen LogP contribution >= 0.6 is 0 Å². The molecule has 1 unspecified atom stereocenters. The quantitative estimate of drug-likeness (QED) is 0.735. The second-order valence-electron chi connectivity index (χ2n) is 5.68. The highest BCUT2D eigenvalue weighted by molar-refractivity contribution is 5.22. The molecule has 19 heavy (non-hydrogen) atoms. The lowest BCUT2D eigenvalue weighted by Crippen LogP contribution is -2.36. The average Bonchev–Trinajstić information content (AvgIpc) is 2.47. The Labute approximate surface area is 118 Å². The number of hydrogen-bond acceptors (Lipinski definition) is 2. The monoisotopic (exact) mass is 260 g/mol. The van der Waals surface area contributed by atoms with Crippen molar-refractivity contribution in [3.63, 3.8) is 0 Å². The van der Waals surface area contributed by atoms with Crippen molar-refractivity contribution in [2.45, 2.75) is 58.0 Å². The molecule has 2 heteroatoms. The van der Waals surface area contributed by atoms with Crippen molar-refractivity contribution >= 4 is 0 Å². The molecule has 1 saturated heterocycles. The summed E-state index contributed by atoms with van der Waals surface area (Å²) in [5.41, 5.74) is 2.86. The number of benzene rings is 1. The summed E-state index contributed by atoms with van der Waals surface area (Å²) in [7, 11) is 0. The van der Waals surface area contributed by atoms with E-state index in [4.69, 9.17) is 0 Å². The van der Waals surface area contributed by atoms with Crippen molar-refractivity contribution in [3.8, 4) is 0 Å². The SMILES string of the molecule is CCCc1ccc(CNCCC2CCCCN2)cc1. The lowest BCUT2D eigenvalue weighted by molar-refractivity contribution is 0.376. The molecule has 0 aromatic heterocycles. The van der Waals surface area contributed by atoms with Gasteiger partial charge in [-0.2, -0.15) is 0 Å². The largest absolute Gasteiger partial charge is 0.314 e. The standard InChI is InChI=1S/C17H28N2/c1-2-5-15-7-9-16(10-8-15)14-18-13-11-17-6-3-4-12-19-17/h7-10,17-19H,2-6,11-14H2,1H3. The summed E-state index contributed by atoms with van der Waals surface area (Å²) in [4.78, 5) is 0. The predicted octanol–water partition coefficient (Wildman–Crippen LogP) is 3.26. The van der Waals surface area contributed by atoms with Crippen LogP contribution in [0.3, 0.4) is 0 Å². The molecule has 0 amide bonds. The zero-order chi connectivity index (χ0) is 13.3. The van der Waals surface area contributed by atoms with E-state index in [1.807, 2.05) is 0 Å². The summed E-state index contributed by atoms with van der Waals surface area (Å²) < 4.78 is 0. The maximum Gasteiger partial charge on any atom is 0.0205 e. The molecule has 1 fully saturated rings. The van der Waals surface area contributed by atoms with E-state index in [9.17, 15) is 0 Å². The number of piperidine rings is 1. The summed E-state index contributed by atoms with van der Waals surface area (Å²) in [6, 6.07) is 9.80. The molecule has 2 nitrogen and oxygen atoms in total. The van der Waals surface area contributed by atoms with Crippen LogP contribution in [0.1, 0.15) is 50.2 Å². The Kier molecular flexibility index (Phi) is 6.38. The molecule has 1 aromatic carbocycles. The second-order valence-corrected chi connectivity index (χ2v) is 5.68. The van der Waals surface area contributed by atoms with E-state index in [0.29, 0.717) is 0 Å². The van der Waals surface area contributed by atoms with Crippen molar-refractivity contribution in [1.82, 2.24) is 10.6 Å². The number of hydrogen-bond donors (Lipinski definition) is 2. The van der Waals surface area contributed by atoms with Gasteiger partial charge in [0, 0.05) is 12.6 Å². The van der Waals surface area contributed by atoms with Crippen molar-refractivity contribution in [2.75, 3.05) is 13.1 Å². The van der Waals surface area contributed by atoms with Gasteiger partial charge in [0.05, 0.1) is 0 Å². The van der Waals surface area contributed by atoms with Crippen molar-refractivity contribution < 1.29 is 0 Å². The molecule has 1 aliphatic heterocycles. The molecule has 1 heterocycles. The van der Waals surface area contributed by atoms with Crippen LogP contribution in [0.2, 0.25) is 0 Å². The van der Waals surface area contributed by atoms with E-state index in [0.717, 1.165) is 19.1 Å². The molecule has 0 radical (unpaired) electrons. The van der Waals surface area contributed by atoms with Gasteiger partial charge in [-0.3, -0.25) is 0 Å². The Bertz CT molecular complexity index is 339. The van der Waals surface area contributed by atoms with Gasteiger partial charge >= 0.3 is 0 Å². The molecule has 106 valence electrons. The highest BCUT2D eigenvalue weighted by atomic mass is 14.9. The molecule has 2 N–H and O–H groups in total. The van der Waals surface area contributed by atoms with Gasteiger partial charge in [0.25, 0.3) is 0 Å². The van der Waals surface area contributed by atoms with Gasteiger partial charge in [0.2, 0.25) is 0 Å². The van der Waals surface area contributed by atoms with Crippen LogP contribution in [0.15, 0.2) is 24.3 Å². The van der Waals surface area contributed by atoms with Gasteiger partial charge in [0.1, 0.15) is 0 Å². The molecular weight excluding hydrogens is 232 g/mol. The summed E-state index contributed by atoms with van der Waals surface area (Å²) in [5.74, 6) is 0. The maximum absolute atomic E-state index is 3.60. The lowest BCUT2D eigenvalue weighted by Gasteiger charge is -2.23. The van der Waals surface area contributed by atoms with Crippen LogP contribution in [0.25, 0.3) is 0 Å². The lowest BCUT2D eigenvalue weighted by atomic mass is 10.0. The van der Waals surface area contributed by atoms with E-state index in [2.05, 4.69) is 41.8 Å². The van der Waals surface area contributed by atoms with E-state index in [1.54, 1.807) is 0 Å². The van der Waals surface area contributed by atoms with Gasteiger partial charge < -0.3 is 10.6 Å². The van der Waals surface area contributed by atoms with Crippen LogP contribution < -0.4 is 10.6 Å². The minimum Gasteiger partial charge on any atom is -0.314 e. The summed E-state index contributed by atoms with van der Waals surface area (Å²) in [5, 5.41) is 7.16. The molecule has 0 saturated carbocycles. The summed E-state index contributed by atoms with van der Waals surface area (Å²) in [6.07, 6.45) is 7.79. The van der Waals surface area contributed by atoms with Gasteiger partial charge in [0.15, 0.2) is 0 Å². The van der Waals surface area contributed by atoms with Gasteiger partial charge in [-0.1, -0.05) is 44.0 Å². The van der Waals surface area contributed by atoms with Crippen LogP contribution in [0.4, 0.5) is 0 Å². The summed E-state index contributed by atoms with van der Waals surface area (Å²) >= 11 is 0. The third-order valence-electron chi connectivity index (χ3n) is 3.97. The number of rotatable bonds is 7. The zero-order valence-electron chi connectivity index (χ0n) is 12.3. The highest BCUT2D eigenvalue weighted by Gasteiger charge is 2.11. The minimum atomic E-state index is 0.744.